The van der Waals surface area contributed by atoms with Crippen molar-refractivity contribution in [3.8, 4) is 0 Å². The predicted octanol–water partition coefficient (Wildman–Crippen LogP) is 1.94. The molecule has 0 radical (unpaired) electrons. The molecule has 1 saturated carbocycles. The van der Waals surface area contributed by atoms with Gasteiger partial charge in [0.1, 0.15) is 0 Å². The zero-order chi connectivity index (χ0) is 12.0. The second-order valence-electron chi connectivity index (χ2n) is 5.53. The molecule has 0 saturated heterocycles. The maximum absolute atomic E-state index is 9.81. The lowest BCUT2D eigenvalue weighted by molar-refractivity contribution is 0.0147. The van der Waals surface area contributed by atoms with Crippen LogP contribution < -0.4 is 5.32 Å². The molecule has 0 heterocycles. The van der Waals surface area contributed by atoms with Gasteiger partial charge in [0.05, 0.1) is 11.7 Å². The highest BCUT2D eigenvalue weighted by atomic mass is 16.5. The van der Waals surface area contributed by atoms with E-state index in [0.29, 0.717) is 5.92 Å². The first-order valence-electron chi connectivity index (χ1n) is 6.49. The van der Waals surface area contributed by atoms with Crippen LogP contribution in [-0.4, -0.2) is 37.0 Å². The van der Waals surface area contributed by atoms with E-state index >= 15 is 0 Å². The van der Waals surface area contributed by atoms with E-state index in [4.69, 9.17) is 4.74 Å². The predicted molar refractivity (Wildman–Crippen MR) is 66.5 cm³/mol. The number of methoxy groups -OCH3 is 1. The highest BCUT2D eigenvalue weighted by Crippen LogP contribution is 2.23. The van der Waals surface area contributed by atoms with E-state index < -0.39 is 0 Å². The van der Waals surface area contributed by atoms with E-state index in [1.54, 1.807) is 7.11 Å². The highest BCUT2D eigenvalue weighted by Gasteiger charge is 2.22. The number of rotatable bonds is 6. The Kier molecular flexibility index (Phi) is 5.73. The van der Waals surface area contributed by atoms with Crippen LogP contribution in [0.1, 0.15) is 46.0 Å². The number of hydrogen-bond acceptors (Lipinski definition) is 3. The van der Waals surface area contributed by atoms with Crippen molar-refractivity contribution in [1.82, 2.24) is 5.32 Å². The fourth-order valence-corrected chi connectivity index (χ4v) is 2.21. The zero-order valence-electron chi connectivity index (χ0n) is 11.0. The first-order chi connectivity index (χ1) is 7.55. The van der Waals surface area contributed by atoms with Gasteiger partial charge in [-0.1, -0.05) is 12.8 Å². The molecule has 2 unspecified atom stereocenters. The van der Waals surface area contributed by atoms with Gasteiger partial charge in [0.2, 0.25) is 0 Å². The summed E-state index contributed by atoms with van der Waals surface area (Å²) in [7, 11) is 1.75. The molecule has 0 bridgehead atoms. The average Bonchev–Trinajstić information content (AvgIpc) is 2.27. The van der Waals surface area contributed by atoms with E-state index in [9.17, 15) is 5.11 Å². The Bertz CT molecular complexity index is 194. The van der Waals surface area contributed by atoms with E-state index in [1.807, 2.05) is 0 Å². The summed E-state index contributed by atoms with van der Waals surface area (Å²) in [6, 6.07) is 0. The van der Waals surface area contributed by atoms with Crippen molar-refractivity contribution < 1.29 is 9.84 Å². The van der Waals surface area contributed by atoms with Gasteiger partial charge in [-0.25, -0.2) is 0 Å². The molecule has 0 amide bonds. The summed E-state index contributed by atoms with van der Waals surface area (Å²) in [5.74, 6) is 0.458. The minimum absolute atomic E-state index is 0.0435. The highest BCUT2D eigenvalue weighted by molar-refractivity contribution is 4.77. The third-order valence-corrected chi connectivity index (χ3v) is 3.73. The van der Waals surface area contributed by atoms with Gasteiger partial charge < -0.3 is 15.2 Å². The molecule has 1 fully saturated rings. The van der Waals surface area contributed by atoms with Crippen LogP contribution in [0.15, 0.2) is 0 Å². The average molecular weight is 229 g/mol. The van der Waals surface area contributed by atoms with Crippen molar-refractivity contribution in [2.75, 3.05) is 20.2 Å². The number of hydrogen-bond donors (Lipinski definition) is 2. The molecule has 0 aliphatic heterocycles. The van der Waals surface area contributed by atoms with Crippen LogP contribution in [0.25, 0.3) is 0 Å². The molecule has 16 heavy (non-hydrogen) atoms. The van der Waals surface area contributed by atoms with Gasteiger partial charge in [-0.15, -0.1) is 0 Å². The summed E-state index contributed by atoms with van der Waals surface area (Å²) in [5, 5.41) is 13.2. The summed E-state index contributed by atoms with van der Waals surface area (Å²) in [6.45, 7) is 6.11. The van der Waals surface area contributed by atoms with Crippen molar-refractivity contribution >= 4 is 0 Å². The normalized spacial score (nSPS) is 27.0. The minimum Gasteiger partial charge on any atom is -0.393 e. The Labute approximate surface area is 99.6 Å². The fraction of sp³-hybridized carbons (Fsp3) is 1.00. The Morgan fingerprint density at radius 3 is 2.62 bits per heavy atom. The Morgan fingerprint density at radius 2 is 2.00 bits per heavy atom. The first-order valence-corrected chi connectivity index (χ1v) is 6.49. The largest absolute Gasteiger partial charge is 0.393 e. The van der Waals surface area contributed by atoms with Crippen LogP contribution in [0.2, 0.25) is 0 Å². The van der Waals surface area contributed by atoms with Crippen LogP contribution in [0.3, 0.4) is 0 Å². The molecule has 2 atom stereocenters. The lowest BCUT2D eigenvalue weighted by Crippen LogP contribution is -2.36. The molecule has 0 aromatic carbocycles. The molecule has 1 aliphatic rings. The smallest absolute Gasteiger partial charge is 0.0634 e. The standard InChI is InChI=1S/C13H27NO2/c1-13(2,16-3)8-9-14-10-11-6-4-5-7-12(11)15/h11-12,14-15H,4-10H2,1-3H3. The first kappa shape index (κ1) is 13.9. The maximum Gasteiger partial charge on any atom is 0.0634 e. The second kappa shape index (κ2) is 6.58. The third-order valence-electron chi connectivity index (χ3n) is 3.73. The van der Waals surface area contributed by atoms with Crippen molar-refractivity contribution in [1.29, 1.82) is 0 Å². The molecule has 1 aliphatic carbocycles. The Morgan fingerprint density at radius 1 is 1.31 bits per heavy atom. The number of aliphatic hydroxyl groups excluding tert-OH is 1. The molecule has 2 N–H and O–H groups in total. The van der Waals surface area contributed by atoms with E-state index in [2.05, 4.69) is 19.2 Å². The van der Waals surface area contributed by atoms with Crippen LogP contribution in [0.5, 0.6) is 0 Å². The topological polar surface area (TPSA) is 41.5 Å². The van der Waals surface area contributed by atoms with Crippen LogP contribution in [-0.2, 0) is 4.74 Å². The third kappa shape index (κ3) is 4.81. The molecule has 96 valence electrons. The molecule has 3 heteroatoms. The maximum atomic E-state index is 9.81. The number of nitrogens with one attached hydrogen (secondary N) is 1. The van der Waals surface area contributed by atoms with Crippen molar-refractivity contribution in [3.63, 3.8) is 0 Å². The lowest BCUT2D eigenvalue weighted by Gasteiger charge is -2.28. The molecule has 0 aromatic rings. The second-order valence-corrected chi connectivity index (χ2v) is 5.53. The zero-order valence-corrected chi connectivity index (χ0v) is 11.0. The molecule has 0 spiro atoms. The van der Waals surface area contributed by atoms with Crippen molar-refractivity contribution in [2.45, 2.75) is 57.7 Å². The number of ether oxygens (including phenoxy) is 1. The van der Waals surface area contributed by atoms with Gasteiger partial charge in [-0.2, -0.15) is 0 Å². The monoisotopic (exact) mass is 229 g/mol. The van der Waals surface area contributed by atoms with Gasteiger partial charge in [-0.05, 0) is 45.6 Å². The van der Waals surface area contributed by atoms with Gasteiger partial charge in [0.25, 0.3) is 0 Å². The summed E-state index contributed by atoms with van der Waals surface area (Å²) >= 11 is 0. The summed E-state index contributed by atoms with van der Waals surface area (Å²) in [5.41, 5.74) is -0.0435. The molecule has 0 aromatic heterocycles. The number of aliphatic hydroxyl groups is 1. The van der Waals surface area contributed by atoms with E-state index in [-0.39, 0.29) is 11.7 Å². The molecule has 1 rings (SSSR count). The summed E-state index contributed by atoms with van der Waals surface area (Å²) in [4.78, 5) is 0. The van der Waals surface area contributed by atoms with Gasteiger partial charge >= 0.3 is 0 Å². The SMILES string of the molecule is COC(C)(C)CCNCC1CCCCC1O. The van der Waals surface area contributed by atoms with Crippen LogP contribution >= 0.6 is 0 Å². The van der Waals surface area contributed by atoms with Crippen molar-refractivity contribution in [3.05, 3.63) is 0 Å². The lowest BCUT2D eigenvalue weighted by atomic mass is 9.86. The quantitative estimate of drug-likeness (QED) is 0.684. The summed E-state index contributed by atoms with van der Waals surface area (Å²) < 4.78 is 5.36. The molecule has 3 nitrogen and oxygen atoms in total. The Balaban J connectivity index is 2.10. The Hall–Kier alpha value is -0.120. The fourth-order valence-electron chi connectivity index (χ4n) is 2.21. The van der Waals surface area contributed by atoms with E-state index in [1.165, 1.54) is 19.3 Å². The molecular formula is C13H27NO2. The van der Waals surface area contributed by atoms with Gasteiger partial charge in [-0.3, -0.25) is 0 Å². The summed E-state index contributed by atoms with van der Waals surface area (Å²) in [6.07, 6.45) is 5.53. The van der Waals surface area contributed by atoms with E-state index in [0.717, 1.165) is 25.9 Å². The van der Waals surface area contributed by atoms with Gasteiger partial charge in [0, 0.05) is 13.7 Å². The van der Waals surface area contributed by atoms with Crippen LogP contribution in [0.4, 0.5) is 0 Å². The van der Waals surface area contributed by atoms with Crippen molar-refractivity contribution in [2.24, 2.45) is 5.92 Å². The van der Waals surface area contributed by atoms with Crippen LogP contribution in [0, 0.1) is 5.92 Å². The molecular weight excluding hydrogens is 202 g/mol. The van der Waals surface area contributed by atoms with Gasteiger partial charge in [0.15, 0.2) is 0 Å². The minimum atomic E-state index is -0.0864.